The van der Waals surface area contributed by atoms with Gasteiger partial charge < -0.3 is 13.4 Å². The Morgan fingerprint density at radius 2 is 0.857 bits per heavy atom. The first-order valence-corrected chi connectivity index (χ1v) is 21.2. The third-order valence-corrected chi connectivity index (χ3v) is 12.8. The summed E-state index contributed by atoms with van der Waals surface area (Å²) in [6.45, 7) is 0. The quantitative estimate of drug-likeness (QED) is 0.162. The van der Waals surface area contributed by atoms with Crippen LogP contribution >= 0.6 is 0 Å². The Balaban J connectivity index is 1.03. The molecular formula is C57H32N4O2. The summed E-state index contributed by atoms with van der Waals surface area (Å²) in [5.41, 5.74) is 11.6. The molecule has 0 spiro atoms. The van der Waals surface area contributed by atoms with E-state index in [1.54, 1.807) is 0 Å². The molecule has 0 saturated heterocycles. The standard InChI is InChI=1S/C57H32N4O2/c1-3-14-33(15-4-1)55-58-56(41-22-12-26-48-50(41)40-20-9-10-25-46(40)62-48)60-57(59-55)42-23-13-27-49-51(42)43-32-34(28-31-47(43)63-49)36-29-30-45-54-52(36)38-19-8-7-18-37(38)39-21-11-24-44(53(39)54)61(45)35-16-5-2-6-17-35/h1-32H. The van der Waals surface area contributed by atoms with E-state index in [0.29, 0.717) is 17.5 Å². The van der Waals surface area contributed by atoms with Gasteiger partial charge in [-0.2, -0.15) is 0 Å². The van der Waals surface area contributed by atoms with Gasteiger partial charge in [-0.3, -0.25) is 0 Å². The van der Waals surface area contributed by atoms with Crippen molar-refractivity contribution in [2.24, 2.45) is 0 Å². The van der Waals surface area contributed by atoms with Crippen LogP contribution in [0.4, 0.5) is 0 Å². The Bertz CT molecular complexity index is 4140. The van der Waals surface area contributed by atoms with Crippen LogP contribution in [0, 0.1) is 0 Å². The number of fused-ring (bicyclic) bond motifs is 9. The van der Waals surface area contributed by atoms with Gasteiger partial charge >= 0.3 is 0 Å². The summed E-state index contributed by atoms with van der Waals surface area (Å²) in [4.78, 5) is 15.6. The van der Waals surface area contributed by atoms with Crippen LogP contribution in [0.5, 0.6) is 0 Å². The van der Waals surface area contributed by atoms with E-state index < -0.39 is 0 Å². The lowest BCUT2D eigenvalue weighted by atomic mass is 9.89. The van der Waals surface area contributed by atoms with Crippen LogP contribution in [0.25, 0.3) is 138 Å². The van der Waals surface area contributed by atoms with Gasteiger partial charge in [0.15, 0.2) is 17.5 Å². The Labute approximate surface area is 359 Å². The van der Waals surface area contributed by atoms with Gasteiger partial charge in [-0.1, -0.05) is 140 Å². The van der Waals surface area contributed by atoms with Crippen molar-refractivity contribution >= 4 is 87.2 Å². The van der Waals surface area contributed by atoms with Crippen LogP contribution in [-0.2, 0) is 0 Å². The number of furan rings is 2. The number of para-hydroxylation sites is 2. The molecule has 4 aromatic heterocycles. The number of aromatic nitrogens is 4. The molecule has 0 radical (unpaired) electrons. The fourth-order valence-electron chi connectivity index (χ4n) is 10.2. The zero-order valence-electron chi connectivity index (χ0n) is 33.6. The van der Waals surface area contributed by atoms with E-state index in [9.17, 15) is 0 Å². The highest BCUT2D eigenvalue weighted by atomic mass is 16.3. The van der Waals surface area contributed by atoms with E-state index >= 15 is 0 Å². The zero-order valence-corrected chi connectivity index (χ0v) is 33.6. The van der Waals surface area contributed by atoms with Crippen LogP contribution in [0.2, 0.25) is 0 Å². The molecule has 0 unspecified atom stereocenters. The predicted molar refractivity (Wildman–Crippen MR) is 257 cm³/mol. The topological polar surface area (TPSA) is 69.9 Å². The van der Waals surface area contributed by atoms with Gasteiger partial charge in [-0.25, -0.2) is 15.0 Å². The first-order valence-electron chi connectivity index (χ1n) is 21.2. The highest BCUT2D eigenvalue weighted by molar-refractivity contribution is 6.37. The number of hydrogen-bond donors (Lipinski definition) is 0. The van der Waals surface area contributed by atoms with Crippen LogP contribution in [-0.4, -0.2) is 19.5 Å². The number of rotatable bonds is 5. The molecule has 0 aliphatic rings. The fourth-order valence-corrected chi connectivity index (χ4v) is 10.2. The van der Waals surface area contributed by atoms with Gasteiger partial charge in [0.05, 0.1) is 11.0 Å². The van der Waals surface area contributed by atoms with Gasteiger partial charge in [-0.15, -0.1) is 0 Å². The van der Waals surface area contributed by atoms with Crippen LogP contribution in [0.3, 0.4) is 0 Å². The normalized spacial score (nSPS) is 12.1. The minimum Gasteiger partial charge on any atom is -0.456 e. The molecule has 14 rings (SSSR count). The highest BCUT2D eigenvalue weighted by Gasteiger charge is 2.24. The lowest BCUT2D eigenvalue weighted by Crippen LogP contribution is -2.00. The largest absolute Gasteiger partial charge is 0.456 e. The third kappa shape index (κ3) is 4.91. The van der Waals surface area contributed by atoms with Gasteiger partial charge in [0.25, 0.3) is 0 Å². The number of nitrogens with zero attached hydrogens (tertiary/aromatic N) is 4. The van der Waals surface area contributed by atoms with E-state index in [1.807, 2.05) is 72.8 Å². The Morgan fingerprint density at radius 3 is 1.62 bits per heavy atom. The molecule has 0 N–H and O–H groups in total. The maximum absolute atomic E-state index is 6.65. The first kappa shape index (κ1) is 34.1. The second-order valence-electron chi connectivity index (χ2n) is 16.2. The third-order valence-electron chi connectivity index (χ3n) is 12.8. The minimum absolute atomic E-state index is 0.564. The van der Waals surface area contributed by atoms with Crippen molar-refractivity contribution in [2.75, 3.05) is 0 Å². The van der Waals surface area contributed by atoms with Crippen molar-refractivity contribution in [3.63, 3.8) is 0 Å². The summed E-state index contributed by atoms with van der Waals surface area (Å²) in [5.74, 6) is 1.72. The summed E-state index contributed by atoms with van der Waals surface area (Å²) < 4.78 is 15.4. The zero-order chi connectivity index (χ0) is 41.2. The summed E-state index contributed by atoms with van der Waals surface area (Å²) in [6.07, 6.45) is 0. The second kappa shape index (κ2) is 12.9. The second-order valence-corrected chi connectivity index (χ2v) is 16.2. The van der Waals surface area contributed by atoms with E-state index in [0.717, 1.165) is 71.8 Å². The van der Waals surface area contributed by atoms with Gasteiger partial charge in [0.2, 0.25) is 0 Å². The number of hydrogen-bond acceptors (Lipinski definition) is 5. The SMILES string of the molecule is c1ccc(-c2nc(-c3cccc4oc5ccccc5c34)nc(-c3cccc4oc5ccc(-c6ccc7c8c6c6ccccc6c6cccc(c68)n7-c6ccccc6)cc5c34)n2)cc1. The maximum atomic E-state index is 6.65. The average Bonchev–Trinajstić information content (AvgIpc) is 4.04. The van der Waals surface area contributed by atoms with Crippen molar-refractivity contribution in [2.45, 2.75) is 0 Å². The van der Waals surface area contributed by atoms with Gasteiger partial charge in [0.1, 0.15) is 22.3 Å². The predicted octanol–water partition coefficient (Wildman–Crippen LogP) is 15.2. The Hall–Kier alpha value is -8.61. The van der Waals surface area contributed by atoms with E-state index in [-0.39, 0.29) is 0 Å². The molecule has 0 amide bonds. The Kier molecular flexibility index (Phi) is 7.02. The molecule has 0 saturated carbocycles. The number of benzene rings is 10. The minimum atomic E-state index is 0.564. The maximum Gasteiger partial charge on any atom is 0.164 e. The van der Waals surface area contributed by atoms with Crippen molar-refractivity contribution in [1.29, 1.82) is 0 Å². The lowest BCUT2D eigenvalue weighted by molar-refractivity contribution is 0.668. The summed E-state index contributed by atoms with van der Waals surface area (Å²) in [6, 6.07) is 67.9. The first-order chi connectivity index (χ1) is 31.2. The molecular weight excluding hydrogens is 773 g/mol. The molecule has 0 atom stereocenters. The van der Waals surface area contributed by atoms with Crippen LogP contribution in [0.1, 0.15) is 0 Å². The van der Waals surface area contributed by atoms with E-state index in [1.165, 1.54) is 48.9 Å². The van der Waals surface area contributed by atoms with Gasteiger partial charge in [0, 0.05) is 60.1 Å². The molecule has 292 valence electrons. The van der Waals surface area contributed by atoms with Crippen molar-refractivity contribution in [3.8, 4) is 51.0 Å². The summed E-state index contributed by atoms with van der Waals surface area (Å²) >= 11 is 0. The highest BCUT2D eigenvalue weighted by Crippen LogP contribution is 2.48. The van der Waals surface area contributed by atoms with Crippen LogP contribution < -0.4 is 0 Å². The van der Waals surface area contributed by atoms with Crippen molar-refractivity contribution in [1.82, 2.24) is 19.5 Å². The molecule has 14 aromatic rings. The smallest absolute Gasteiger partial charge is 0.164 e. The Morgan fingerprint density at radius 1 is 0.302 bits per heavy atom. The molecule has 6 nitrogen and oxygen atoms in total. The van der Waals surface area contributed by atoms with Crippen molar-refractivity contribution in [3.05, 3.63) is 194 Å². The molecule has 0 fully saturated rings. The molecule has 0 aliphatic carbocycles. The van der Waals surface area contributed by atoms with Crippen LogP contribution in [0.15, 0.2) is 203 Å². The molecule has 0 bridgehead atoms. The summed E-state index contributed by atoms with van der Waals surface area (Å²) in [7, 11) is 0. The fraction of sp³-hybridized carbons (Fsp3) is 0. The molecule has 63 heavy (non-hydrogen) atoms. The van der Waals surface area contributed by atoms with Gasteiger partial charge in [-0.05, 0) is 81.9 Å². The molecule has 4 heterocycles. The summed E-state index contributed by atoms with van der Waals surface area (Å²) in [5, 5.41) is 11.5. The molecule has 10 aromatic carbocycles. The van der Waals surface area contributed by atoms with E-state index in [4.69, 9.17) is 23.8 Å². The van der Waals surface area contributed by atoms with Crippen molar-refractivity contribution < 1.29 is 8.83 Å². The molecule has 6 heteroatoms. The van der Waals surface area contributed by atoms with E-state index in [2.05, 4.69) is 126 Å². The molecule has 0 aliphatic heterocycles. The monoisotopic (exact) mass is 804 g/mol. The lowest BCUT2D eigenvalue weighted by Gasteiger charge is -2.13. The average molecular weight is 805 g/mol.